The second-order valence-corrected chi connectivity index (χ2v) is 29.2. The highest BCUT2D eigenvalue weighted by Crippen LogP contribution is 3.59. The SMILES string of the molecule is C#C[P+]12C3(C(C)(C)C)P4C5(C(C)(C)C)P3C1(C(C)(C)C)P5C42C(C)(C)C. The first kappa shape index (κ1) is 19.3. The predicted octanol–water partition coefficient (Wildman–Crippen LogP) is 8.91. The van der Waals surface area contributed by atoms with Crippen LogP contribution in [0.3, 0.4) is 0 Å². The molecule has 144 valence electrons. The summed E-state index contributed by atoms with van der Waals surface area (Å²) in [4.78, 5) is 0. The van der Waals surface area contributed by atoms with Crippen molar-refractivity contribution < 1.29 is 0 Å². The highest BCUT2D eigenvalue weighted by Gasteiger charge is 3.35. The number of hydrogen-bond acceptors (Lipinski definition) is 0. The minimum absolute atomic E-state index is 0.0911. The first-order chi connectivity index (χ1) is 11.4. The van der Waals surface area contributed by atoms with Gasteiger partial charge in [-0.25, -0.2) is 0 Å². The summed E-state index contributed by atoms with van der Waals surface area (Å²) in [5.41, 5.74) is 5.47. The Hall–Kier alpha value is 1.28. The van der Waals surface area contributed by atoms with Crippen molar-refractivity contribution in [2.24, 2.45) is 21.7 Å². The summed E-state index contributed by atoms with van der Waals surface area (Å²) in [6.07, 6.45) is 6.65. The smallest absolute Gasteiger partial charge is 0.0766 e. The third-order valence-electron chi connectivity index (χ3n) is 8.43. The minimum Gasteiger partial charge on any atom is -0.0766 e. The fraction of sp³-hybridized carbons (Fsp3) is 0.909. The molecule has 0 unspecified atom stereocenters. The van der Waals surface area contributed by atoms with Crippen molar-refractivity contribution in [3.63, 3.8) is 0 Å². The van der Waals surface area contributed by atoms with E-state index in [-0.39, 0.29) is 23.8 Å². The lowest BCUT2D eigenvalue weighted by molar-refractivity contribution is 0.235. The van der Waals surface area contributed by atoms with Crippen molar-refractivity contribution in [3.05, 3.63) is 0 Å². The Bertz CT molecular complexity index is 703. The summed E-state index contributed by atoms with van der Waals surface area (Å²) >= 11 is 0. The molecule has 0 radical (unpaired) electrons. The lowest BCUT2D eigenvalue weighted by atomic mass is 9.95. The molecule has 6 heterocycles. The summed E-state index contributed by atoms with van der Waals surface area (Å²) in [7, 11) is -1.09. The zero-order chi connectivity index (χ0) is 19.9. The average Bonchev–Trinajstić information content (AvgIpc) is 2.40. The van der Waals surface area contributed by atoms with Crippen LogP contribution in [0, 0.1) is 33.7 Å². The van der Waals surface area contributed by atoms with Crippen LogP contribution in [0.25, 0.3) is 0 Å². The summed E-state index contributed by atoms with van der Waals surface area (Å²) in [5, 5.41) is 0. The molecule has 0 nitrogen and oxygen atoms in total. The van der Waals surface area contributed by atoms with Crippen LogP contribution in [0.15, 0.2) is 0 Å². The molecule has 0 aliphatic carbocycles. The topological polar surface area (TPSA) is 0 Å². The fourth-order valence-electron chi connectivity index (χ4n) is 8.64. The molecule has 4 heteroatoms. The Kier molecular flexibility index (Phi) is 2.92. The first-order valence-corrected chi connectivity index (χ1v) is 16.0. The molecule has 0 aromatic rings. The first-order valence-electron chi connectivity index (χ1n) is 10.2. The van der Waals surface area contributed by atoms with Crippen LogP contribution in [-0.4, -0.2) is 18.6 Å². The molecule has 0 atom stereocenters. The van der Waals surface area contributed by atoms with Gasteiger partial charge in [0, 0.05) is 40.0 Å². The standard InChI is InChI=1S/C22H37P4/c1-14-26-20(16(5,6)7)23-19(15(2,3)4)24(20)22(26,18(11,12)13)25(19)21(23,26)17(8,9)10/h1H,2-13H3/q+1. The lowest BCUT2D eigenvalue weighted by Gasteiger charge is -3.18. The molecule has 0 spiro atoms. The predicted molar refractivity (Wildman–Crippen MR) is 125 cm³/mol. The zero-order valence-corrected chi connectivity index (χ0v) is 22.4. The molecule has 6 rings (SSSR count). The van der Waals surface area contributed by atoms with E-state index in [1.807, 2.05) is 0 Å². The van der Waals surface area contributed by atoms with Crippen LogP contribution in [0.4, 0.5) is 0 Å². The van der Waals surface area contributed by atoms with E-state index in [0.29, 0.717) is 35.6 Å². The molecular weight excluding hydrogens is 388 g/mol. The molecule has 0 N–H and O–H groups in total. The van der Waals surface area contributed by atoms with E-state index in [1.54, 1.807) is 0 Å². The van der Waals surface area contributed by atoms with Crippen LogP contribution >= 0.6 is 31.0 Å². The molecule has 6 fully saturated rings. The summed E-state index contributed by atoms with van der Waals surface area (Å²) in [6, 6.07) is 0. The second-order valence-electron chi connectivity index (χ2n) is 13.3. The monoisotopic (exact) mass is 425 g/mol. The lowest BCUT2D eigenvalue weighted by Crippen LogP contribution is -3.04. The third kappa shape index (κ3) is 1.01. The Morgan fingerprint density at radius 3 is 1.00 bits per heavy atom. The molecule has 26 heavy (non-hydrogen) atoms. The van der Waals surface area contributed by atoms with Crippen molar-refractivity contribution in [2.45, 2.75) is 102 Å². The van der Waals surface area contributed by atoms with E-state index in [1.165, 1.54) is 0 Å². The zero-order valence-electron chi connectivity index (χ0n) is 18.9. The van der Waals surface area contributed by atoms with Gasteiger partial charge in [-0.3, -0.25) is 0 Å². The van der Waals surface area contributed by atoms with E-state index in [0.717, 1.165) is 4.64 Å². The van der Waals surface area contributed by atoms with E-state index in [2.05, 4.69) is 88.7 Å². The van der Waals surface area contributed by atoms with Crippen LogP contribution in [0.2, 0.25) is 0 Å². The van der Waals surface area contributed by atoms with Gasteiger partial charge in [-0.05, 0) is 5.41 Å². The summed E-state index contributed by atoms with van der Waals surface area (Å²) in [5.74, 6) is 0. The maximum Gasteiger partial charge on any atom is 0.145 e. The molecule has 6 saturated heterocycles. The Labute approximate surface area is 166 Å². The average molecular weight is 425 g/mol. The minimum atomic E-state index is -1.36. The van der Waals surface area contributed by atoms with Crippen LogP contribution in [0.5, 0.6) is 0 Å². The van der Waals surface area contributed by atoms with Crippen LogP contribution in [0.1, 0.15) is 83.1 Å². The van der Waals surface area contributed by atoms with E-state index >= 15 is 0 Å². The van der Waals surface area contributed by atoms with Gasteiger partial charge in [0.25, 0.3) is 0 Å². The van der Waals surface area contributed by atoms with Gasteiger partial charge in [-0.2, -0.15) is 0 Å². The van der Waals surface area contributed by atoms with E-state index in [4.69, 9.17) is 6.42 Å². The summed E-state index contributed by atoms with van der Waals surface area (Å²) < 4.78 is 2.65. The molecule has 0 aromatic heterocycles. The van der Waals surface area contributed by atoms with Gasteiger partial charge in [0.2, 0.25) is 0 Å². The molecule has 0 saturated carbocycles. The Morgan fingerprint density at radius 2 is 0.846 bits per heavy atom. The molecule has 0 aromatic carbocycles. The van der Waals surface area contributed by atoms with Crippen molar-refractivity contribution in [1.29, 1.82) is 0 Å². The quantitative estimate of drug-likeness (QED) is 0.268. The van der Waals surface area contributed by atoms with Gasteiger partial charge < -0.3 is 0 Å². The van der Waals surface area contributed by atoms with E-state index in [9.17, 15) is 0 Å². The number of hydrogen-bond donors (Lipinski definition) is 0. The fourth-order valence-corrected chi connectivity index (χ4v) is 62.5. The normalized spacial score (nSPS) is 58.3. The maximum absolute atomic E-state index is 6.65. The van der Waals surface area contributed by atoms with Gasteiger partial charge in [-0.15, -0.1) is 0 Å². The van der Waals surface area contributed by atoms with Gasteiger partial charge >= 0.3 is 0 Å². The second kappa shape index (κ2) is 3.94. The highest BCUT2D eigenvalue weighted by molar-refractivity contribution is 8.58. The summed E-state index contributed by atoms with van der Waals surface area (Å²) in [6.45, 7) is 30.8. The van der Waals surface area contributed by atoms with Crippen molar-refractivity contribution in [1.82, 2.24) is 0 Å². The maximum atomic E-state index is 6.65. The van der Waals surface area contributed by atoms with Crippen LogP contribution in [-0.2, 0) is 0 Å². The van der Waals surface area contributed by atoms with Crippen molar-refractivity contribution in [2.75, 3.05) is 0 Å². The van der Waals surface area contributed by atoms with Gasteiger partial charge in [0.1, 0.15) is 21.2 Å². The van der Waals surface area contributed by atoms with Gasteiger partial charge in [0.05, 0.1) is 10.3 Å². The van der Waals surface area contributed by atoms with E-state index < -0.39 is 7.26 Å². The van der Waals surface area contributed by atoms with Gasteiger partial charge in [0.15, 0.2) is 0 Å². The third-order valence-corrected chi connectivity index (χ3v) is 41.5. The molecule has 0 bridgehead atoms. The number of rotatable bonds is 0. The van der Waals surface area contributed by atoms with Gasteiger partial charge in [-0.1, -0.05) is 89.5 Å². The van der Waals surface area contributed by atoms with Crippen LogP contribution < -0.4 is 0 Å². The Morgan fingerprint density at radius 1 is 0.577 bits per heavy atom. The molecule has 6 aliphatic heterocycles. The Balaban J connectivity index is 1.85. The largest absolute Gasteiger partial charge is 0.145 e. The highest BCUT2D eigenvalue weighted by atomic mass is 31.5. The number of terminal acetylenes is 1. The molecule has 6 aliphatic rings. The van der Waals surface area contributed by atoms with Crippen molar-refractivity contribution >= 4 is 31.0 Å². The molecular formula is C22H37P4+. The molecule has 0 amide bonds. The van der Waals surface area contributed by atoms with Crippen molar-refractivity contribution in [3.8, 4) is 12.1 Å².